The molecule has 6 rings (SSSR count). The molecule has 0 aromatic carbocycles. The molecule has 4 nitrogen and oxygen atoms in total. The van der Waals surface area contributed by atoms with Crippen LogP contribution in [-0.2, 0) is 0 Å². The molecule has 0 saturated heterocycles. The summed E-state index contributed by atoms with van der Waals surface area (Å²) in [6.45, 7) is 1.90. The first-order valence-corrected chi connectivity index (χ1v) is 10.2. The molecular formula is C21H29N3O. The van der Waals surface area contributed by atoms with E-state index in [0.717, 1.165) is 60.7 Å². The number of nitrogens with one attached hydrogen (secondary N) is 1. The Morgan fingerprint density at radius 2 is 1.84 bits per heavy atom. The van der Waals surface area contributed by atoms with Gasteiger partial charge in [-0.2, -0.15) is 0 Å². The van der Waals surface area contributed by atoms with Crippen molar-refractivity contribution in [3.8, 4) is 5.88 Å². The maximum Gasteiger partial charge on any atom is 0.233 e. The van der Waals surface area contributed by atoms with Crippen LogP contribution in [0.4, 0.5) is 0 Å². The van der Waals surface area contributed by atoms with Crippen LogP contribution < -0.4 is 10.1 Å². The summed E-state index contributed by atoms with van der Waals surface area (Å²) < 4.78 is 7.68. The average Bonchev–Trinajstić information content (AvgIpc) is 3.02. The van der Waals surface area contributed by atoms with Crippen LogP contribution in [0.25, 0.3) is 5.52 Å². The van der Waals surface area contributed by atoms with Gasteiger partial charge in [0.2, 0.25) is 5.88 Å². The second-order valence-corrected chi connectivity index (χ2v) is 8.52. The first kappa shape index (κ1) is 15.7. The molecule has 4 aliphatic carbocycles. The number of nitrogens with zero attached hydrogens (tertiary/aromatic N) is 2. The third-order valence-corrected chi connectivity index (χ3v) is 6.78. The Morgan fingerprint density at radius 1 is 1.04 bits per heavy atom. The van der Waals surface area contributed by atoms with Gasteiger partial charge in [0.15, 0.2) is 0 Å². The van der Waals surface area contributed by atoms with Crippen molar-refractivity contribution in [3.63, 3.8) is 0 Å². The molecule has 0 radical (unpaired) electrons. The van der Waals surface area contributed by atoms with Crippen LogP contribution in [0.3, 0.4) is 0 Å². The Balaban J connectivity index is 1.03. The maximum absolute atomic E-state index is 5.82. The van der Waals surface area contributed by atoms with E-state index in [-0.39, 0.29) is 0 Å². The summed E-state index contributed by atoms with van der Waals surface area (Å²) in [7, 11) is 0. The van der Waals surface area contributed by atoms with E-state index in [9.17, 15) is 0 Å². The molecule has 0 amide bonds. The second kappa shape index (κ2) is 6.64. The molecule has 4 bridgehead atoms. The van der Waals surface area contributed by atoms with Gasteiger partial charge in [-0.1, -0.05) is 6.07 Å². The van der Waals surface area contributed by atoms with Crippen molar-refractivity contribution in [2.45, 2.75) is 51.0 Å². The third kappa shape index (κ3) is 3.17. The summed E-state index contributed by atoms with van der Waals surface area (Å²) in [5.74, 6) is 4.83. The lowest BCUT2D eigenvalue weighted by Gasteiger charge is -2.54. The molecule has 2 aromatic rings. The summed E-state index contributed by atoms with van der Waals surface area (Å²) in [4.78, 5) is 0. The highest BCUT2D eigenvalue weighted by atomic mass is 16.5. The fourth-order valence-corrected chi connectivity index (χ4v) is 5.92. The lowest BCUT2D eigenvalue weighted by Crippen LogP contribution is -2.54. The highest BCUT2D eigenvalue weighted by Crippen LogP contribution is 2.53. The summed E-state index contributed by atoms with van der Waals surface area (Å²) in [6, 6.07) is 8.88. The number of aromatic nitrogens is 2. The predicted molar refractivity (Wildman–Crippen MR) is 98.8 cm³/mol. The van der Waals surface area contributed by atoms with Gasteiger partial charge in [0, 0.05) is 18.3 Å². The smallest absolute Gasteiger partial charge is 0.233 e. The molecule has 25 heavy (non-hydrogen) atoms. The highest BCUT2D eigenvalue weighted by Gasteiger charge is 2.47. The SMILES string of the molecule is c1ccn2nc(OCCCCNC3C4CC5CC(C4)CC3C5)cc2c1. The first-order valence-electron chi connectivity index (χ1n) is 10.2. The van der Waals surface area contributed by atoms with E-state index in [0.29, 0.717) is 0 Å². The number of ether oxygens (including phenoxy) is 1. The van der Waals surface area contributed by atoms with E-state index in [2.05, 4.69) is 16.5 Å². The van der Waals surface area contributed by atoms with Crippen molar-refractivity contribution < 1.29 is 4.74 Å². The standard InChI is InChI=1S/C21H29N3O/c1-3-7-24-19(5-1)14-20(23-24)25-8-4-2-6-22-21-17-10-15-9-16(12-17)13-18(21)11-15/h1,3,5,7,14-18,21-22H,2,4,6,8-13H2. The third-order valence-electron chi connectivity index (χ3n) is 6.78. The van der Waals surface area contributed by atoms with Crippen molar-refractivity contribution in [2.75, 3.05) is 13.2 Å². The van der Waals surface area contributed by atoms with E-state index in [1.54, 1.807) is 6.42 Å². The van der Waals surface area contributed by atoms with Crippen LogP contribution >= 0.6 is 0 Å². The number of pyridine rings is 1. The molecule has 4 heteroatoms. The molecule has 0 unspecified atom stereocenters. The molecule has 4 saturated carbocycles. The van der Waals surface area contributed by atoms with Crippen molar-refractivity contribution in [1.29, 1.82) is 0 Å². The summed E-state index contributed by atoms with van der Waals surface area (Å²) >= 11 is 0. The lowest BCUT2D eigenvalue weighted by atomic mass is 9.54. The van der Waals surface area contributed by atoms with E-state index >= 15 is 0 Å². The van der Waals surface area contributed by atoms with E-state index in [1.165, 1.54) is 32.1 Å². The molecule has 2 aromatic heterocycles. The molecule has 4 fully saturated rings. The van der Waals surface area contributed by atoms with Gasteiger partial charge in [0.25, 0.3) is 0 Å². The van der Waals surface area contributed by atoms with Crippen molar-refractivity contribution in [1.82, 2.24) is 14.9 Å². The van der Waals surface area contributed by atoms with Crippen LogP contribution in [0.2, 0.25) is 0 Å². The molecular weight excluding hydrogens is 310 g/mol. The zero-order valence-electron chi connectivity index (χ0n) is 14.9. The normalized spacial score (nSPS) is 33.2. The van der Waals surface area contributed by atoms with Crippen molar-refractivity contribution >= 4 is 5.52 Å². The highest BCUT2D eigenvalue weighted by molar-refractivity contribution is 5.48. The number of unbranched alkanes of at least 4 members (excludes halogenated alkanes) is 1. The van der Waals surface area contributed by atoms with Crippen LogP contribution in [0, 0.1) is 23.7 Å². The van der Waals surface area contributed by atoms with Gasteiger partial charge in [0.1, 0.15) is 0 Å². The largest absolute Gasteiger partial charge is 0.477 e. The quantitative estimate of drug-likeness (QED) is 0.777. The fraction of sp³-hybridized carbons (Fsp3) is 0.667. The van der Waals surface area contributed by atoms with E-state index in [1.807, 2.05) is 28.9 Å². The summed E-state index contributed by atoms with van der Waals surface area (Å²) in [5, 5.41) is 8.34. The number of hydrogen-bond donors (Lipinski definition) is 1. The van der Waals surface area contributed by atoms with E-state index in [4.69, 9.17) is 4.74 Å². The van der Waals surface area contributed by atoms with Crippen LogP contribution in [0.5, 0.6) is 5.88 Å². The van der Waals surface area contributed by atoms with Gasteiger partial charge in [-0.15, -0.1) is 5.10 Å². The lowest BCUT2D eigenvalue weighted by molar-refractivity contribution is -0.0136. The topological polar surface area (TPSA) is 38.6 Å². The Morgan fingerprint density at radius 3 is 2.60 bits per heavy atom. The second-order valence-electron chi connectivity index (χ2n) is 8.52. The molecule has 4 aliphatic rings. The van der Waals surface area contributed by atoms with Crippen LogP contribution in [0.15, 0.2) is 30.5 Å². The van der Waals surface area contributed by atoms with Crippen LogP contribution in [-0.4, -0.2) is 28.8 Å². The Hall–Kier alpha value is -1.55. The molecule has 0 atom stereocenters. The molecule has 1 N–H and O–H groups in total. The fourth-order valence-electron chi connectivity index (χ4n) is 5.92. The summed E-state index contributed by atoms with van der Waals surface area (Å²) in [5.41, 5.74) is 1.08. The van der Waals surface area contributed by atoms with Gasteiger partial charge >= 0.3 is 0 Å². The van der Waals surface area contributed by atoms with Gasteiger partial charge in [-0.05, 0) is 87.3 Å². The number of hydrogen-bond acceptors (Lipinski definition) is 3. The minimum absolute atomic E-state index is 0.736. The Kier molecular flexibility index (Phi) is 4.16. The first-order chi connectivity index (χ1) is 12.3. The van der Waals surface area contributed by atoms with Crippen LogP contribution in [0.1, 0.15) is 44.9 Å². The van der Waals surface area contributed by atoms with Gasteiger partial charge in [-0.25, -0.2) is 4.52 Å². The molecule has 134 valence electrons. The minimum atomic E-state index is 0.736. The Bertz CT molecular complexity index is 664. The zero-order valence-corrected chi connectivity index (χ0v) is 14.9. The summed E-state index contributed by atoms with van der Waals surface area (Å²) in [6.07, 6.45) is 11.8. The minimum Gasteiger partial charge on any atom is -0.477 e. The van der Waals surface area contributed by atoms with Gasteiger partial charge in [-0.3, -0.25) is 0 Å². The van der Waals surface area contributed by atoms with Crippen molar-refractivity contribution in [2.24, 2.45) is 23.7 Å². The maximum atomic E-state index is 5.82. The predicted octanol–water partition coefficient (Wildman–Crippen LogP) is 3.91. The monoisotopic (exact) mass is 339 g/mol. The molecule has 0 spiro atoms. The average molecular weight is 339 g/mol. The molecule has 2 heterocycles. The van der Waals surface area contributed by atoms with Gasteiger partial charge in [0.05, 0.1) is 12.1 Å². The van der Waals surface area contributed by atoms with Crippen molar-refractivity contribution in [3.05, 3.63) is 30.5 Å². The zero-order chi connectivity index (χ0) is 16.6. The number of fused-ring (bicyclic) bond motifs is 1. The van der Waals surface area contributed by atoms with E-state index < -0.39 is 0 Å². The van der Waals surface area contributed by atoms with Gasteiger partial charge < -0.3 is 10.1 Å². The molecule has 0 aliphatic heterocycles. The Labute approximate surface area is 149 Å². The number of rotatable bonds is 7.